The topological polar surface area (TPSA) is 75.6 Å². The van der Waals surface area contributed by atoms with Crippen LogP contribution in [0.2, 0.25) is 0 Å². The molecule has 0 atom stereocenters. The SMILES string of the molecule is Cc1cc(C(=O)N2CCN(c3ccc(N)cn3)CC2)co1. The number of anilines is 2. The minimum Gasteiger partial charge on any atom is -0.469 e. The van der Waals surface area contributed by atoms with Crippen LogP contribution in [0.5, 0.6) is 0 Å². The zero-order chi connectivity index (χ0) is 14.8. The van der Waals surface area contributed by atoms with Crippen LogP contribution >= 0.6 is 0 Å². The van der Waals surface area contributed by atoms with E-state index in [4.69, 9.17) is 10.2 Å². The van der Waals surface area contributed by atoms with Crippen molar-refractivity contribution < 1.29 is 9.21 Å². The summed E-state index contributed by atoms with van der Waals surface area (Å²) in [7, 11) is 0. The monoisotopic (exact) mass is 286 g/mol. The molecule has 1 aliphatic heterocycles. The molecule has 1 aliphatic rings. The fourth-order valence-electron chi connectivity index (χ4n) is 2.46. The molecule has 6 heteroatoms. The van der Waals surface area contributed by atoms with Crippen molar-refractivity contribution >= 4 is 17.4 Å². The van der Waals surface area contributed by atoms with E-state index >= 15 is 0 Å². The van der Waals surface area contributed by atoms with Gasteiger partial charge in [0, 0.05) is 26.2 Å². The number of nitrogens with two attached hydrogens (primary N) is 1. The molecule has 3 rings (SSSR count). The first-order valence-corrected chi connectivity index (χ1v) is 6.94. The second kappa shape index (κ2) is 5.47. The number of carbonyl (C=O) groups is 1. The minimum atomic E-state index is 0.0248. The number of furan rings is 1. The number of aromatic nitrogens is 1. The van der Waals surface area contributed by atoms with Crippen LogP contribution in [-0.4, -0.2) is 42.0 Å². The Bertz CT molecular complexity index is 627. The summed E-state index contributed by atoms with van der Waals surface area (Å²) < 4.78 is 5.20. The highest BCUT2D eigenvalue weighted by atomic mass is 16.3. The van der Waals surface area contributed by atoms with Crippen LogP contribution in [-0.2, 0) is 0 Å². The molecule has 0 unspecified atom stereocenters. The van der Waals surface area contributed by atoms with E-state index in [1.165, 1.54) is 6.26 Å². The molecular weight excluding hydrogens is 268 g/mol. The lowest BCUT2D eigenvalue weighted by atomic mass is 10.2. The molecule has 0 bridgehead atoms. The zero-order valence-corrected chi connectivity index (χ0v) is 12.0. The largest absolute Gasteiger partial charge is 0.469 e. The molecule has 2 aromatic heterocycles. The number of nitrogens with zero attached hydrogens (tertiary/aromatic N) is 3. The molecule has 0 aromatic carbocycles. The molecule has 2 aromatic rings. The van der Waals surface area contributed by atoms with E-state index in [9.17, 15) is 4.79 Å². The number of carbonyl (C=O) groups excluding carboxylic acids is 1. The number of amides is 1. The summed E-state index contributed by atoms with van der Waals surface area (Å²) in [6, 6.07) is 5.52. The van der Waals surface area contributed by atoms with Gasteiger partial charge in [-0.3, -0.25) is 4.79 Å². The van der Waals surface area contributed by atoms with Gasteiger partial charge < -0.3 is 20.0 Å². The van der Waals surface area contributed by atoms with Crippen molar-refractivity contribution in [2.75, 3.05) is 36.8 Å². The normalized spacial score (nSPS) is 15.3. The smallest absolute Gasteiger partial charge is 0.257 e. The maximum atomic E-state index is 12.3. The summed E-state index contributed by atoms with van der Waals surface area (Å²) in [4.78, 5) is 20.6. The number of rotatable bonds is 2. The number of hydrogen-bond donors (Lipinski definition) is 1. The highest BCUT2D eigenvalue weighted by Gasteiger charge is 2.23. The maximum absolute atomic E-state index is 12.3. The molecule has 0 spiro atoms. The van der Waals surface area contributed by atoms with Gasteiger partial charge in [-0.2, -0.15) is 0 Å². The van der Waals surface area contributed by atoms with Crippen molar-refractivity contribution in [2.24, 2.45) is 0 Å². The van der Waals surface area contributed by atoms with E-state index in [2.05, 4.69) is 9.88 Å². The van der Waals surface area contributed by atoms with E-state index in [0.29, 0.717) is 24.3 Å². The van der Waals surface area contributed by atoms with Crippen molar-refractivity contribution in [2.45, 2.75) is 6.92 Å². The first-order chi connectivity index (χ1) is 10.1. The third-order valence-electron chi connectivity index (χ3n) is 3.64. The minimum absolute atomic E-state index is 0.0248. The first-order valence-electron chi connectivity index (χ1n) is 6.94. The van der Waals surface area contributed by atoms with E-state index in [0.717, 1.165) is 24.7 Å². The Balaban J connectivity index is 1.62. The predicted molar refractivity (Wildman–Crippen MR) is 80.2 cm³/mol. The zero-order valence-electron chi connectivity index (χ0n) is 12.0. The highest BCUT2D eigenvalue weighted by Crippen LogP contribution is 2.16. The highest BCUT2D eigenvalue weighted by molar-refractivity contribution is 5.94. The summed E-state index contributed by atoms with van der Waals surface area (Å²) in [6.07, 6.45) is 3.17. The van der Waals surface area contributed by atoms with Crippen molar-refractivity contribution in [3.63, 3.8) is 0 Å². The van der Waals surface area contributed by atoms with Gasteiger partial charge in [-0.25, -0.2) is 4.98 Å². The molecule has 3 heterocycles. The Morgan fingerprint density at radius 1 is 1.29 bits per heavy atom. The summed E-state index contributed by atoms with van der Waals surface area (Å²) in [5, 5.41) is 0. The molecule has 1 fully saturated rings. The Morgan fingerprint density at radius 3 is 2.62 bits per heavy atom. The number of pyridine rings is 1. The first kappa shape index (κ1) is 13.5. The summed E-state index contributed by atoms with van der Waals surface area (Å²) in [5.41, 5.74) is 6.91. The summed E-state index contributed by atoms with van der Waals surface area (Å²) in [5.74, 6) is 1.68. The van der Waals surface area contributed by atoms with Crippen LogP contribution < -0.4 is 10.6 Å². The second-order valence-corrected chi connectivity index (χ2v) is 5.18. The van der Waals surface area contributed by atoms with Gasteiger partial charge in [0.1, 0.15) is 17.8 Å². The molecule has 2 N–H and O–H groups in total. The van der Waals surface area contributed by atoms with Gasteiger partial charge in [0.15, 0.2) is 0 Å². The van der Waals surface area contributed by atoms with Gasteiger partial charge in [-0.05, 0) is 25.1 Å². The van der Waals surface area contributed by atoms with Gasteiger partial charge in [-0.1, -0.05) is 0 Å². The average molecular weight is 286 g/mol. The lowest BCUT2D eigenvalue weighted by Gasteiger charge is -2.35. The van der Waals surface area contributed by atoms with Crippen LogP contribution in [0.4, 0.5) is 11.5 Å². The van der Waals surface area contributed by atoms with Crippen LogP contribution in [0.15, 0.2) is 35.1 Å². The summed E-state index contributed by atoms with van der Waals surface area (Å²) >= 11 is 0. The maximum Gasteiger partial charge on any atom is 0.257 e. The number of aryl methyl sites for hydroxylation is 1. The van der Waals surface area contributed by atoms with Crippen molar-refractivity contribution in [3.05, 3.63) is 42.0 Å². The number of piperazine rings is 1. The van der Waals surface area contributed by atoms with Gasteiger partial charge in [0.05, 0.1) is 17.4 Å². The van der Waals surface area contributed by atoms with Crippen molar-refractivity contribution in [1.82, 2.24) is 9.88 Å². The average Bonchev–Trinajstić information content (AvgIpc) is 2.94. The van der Waals surface area contributed by atoms with Crippen molar-refractivity contribution in [1.29, 1.82) is 0 Å². The van der Waals surface area contributed by atoms with E-state index < -0.39 is 0 Å². The Morgan fingerprint density at radius 2 is 2.05 bits per heavy atom. The van der Waals surface area contributed by atoms with E-state index in [1.54, 1.807) is 12.3 Å². The third-order valence-corrected chi connectivity index (χ3v) is 3.64. The van der Waals surface area contributed by atoms with Crippen LogP contribution in [0.3, 0.4) is 0 Å². The molecule has 0 saturated carbocycles. The van der Waals surface area contributed by atoms with Gasteiger partial charge in [-0.15, -0.1) is 0 Å². The number of hydrogen-bond acceptors (Lipinski definition) is 5. The molecule has 21 heavy (non-hydrogen) atoms. The van der Waals surface area contributed by atoms with Crippen molar-refractivity contribution in [3.8, 4) is 0 Å². The van der Waals surface area contributed by atoms with Gasteiger partial charge in [0.25, 0.3) is 5.91 Å². The van der Waals surface area contributed by atoms with Crippen LogP contribution in [0, 0.1) is 6.92 Å². The predicted octanol–water partition coefficient (Wildman–Crippen LogP) is 1.53. The second-order valence-electron chi connectivity index (χ2n) is 5.18. The molecule has 0 radical (unpaired) electrons. The molecule has 1 saturated heterocycles. The summed E-state index contributed by atoms with van der Waals surface area (Å²) in [6.45, 7) is 4.71. The molecule has 6 nitrogen and oxygen atoms in total. The fourth-order valence-corrected chi connectivity index (χ4v) is 2.46. The quantitative estimate of drug-likeness (QED) is 0.906. The van der Waals surface area contributed by atoms with Gasteiger partial charge in [0.2, 0.25) is 0 Å². The lowest BCUT2D eigenvalue weighted by Crippen LogP contribution is -2.49. The van der Waals surface area contributed by atoms with Gasteiger partial charge >= 0.3 is 0 Å². The molecular formula is C15H18N4O2. The lowest BCUT2D eigenvalue weighted by molar-refractivity contribution is 0.0746. The molecule has 1 amide bonds. The van der Waals surface area contributed by atoms with E-state index in [1.807, 2.05) is 24.0 Å². The molecule has 110 valence electrons. The van der Waals surface area contributed by atoms with Crippen LogP contribution in [0.25, 0.3) is 0 Å². The Hall–Kier alpha value is -2.50. The Labute approximate surface area is 123 Å². The van der Waals surface area contributed by atoms with E-state index in [-0.39, 0.29) is 5.91 Å². The van der Waals surface area contributed by atoms with Crippen LogP contribution in [0.1, 0.15) is 16.1 Å². The molecule has 0 aliphatic carbocycles. The third kappa shape index (κ3) is 2.84. The standard InChI is InChI=1S/C15H18N4O2/c1-11-8-12(10-21-11)15(20)19-6-4-18(5-7-19)14-3-2-13(16)9-17-14/h2-3,8-10H,4-7,16H2,1H3. The fraction of sp³-hybridized carbons (Fsp3) is 0.333. The number of nitrogen functional groups attached to an aromatic ring is 1. The Kier molecular flexibility index (Phi) is 3.51.